The van der Waals surface area contributed by atoms with Crippen LogP contribution in [0.25, 0.3) is 0 Å². The van der Waals surface area contributed by atoms with Gasteiger partial charge in [0.15, 0.2) is 0 Å². The van der Waals surface area contributed by atoms with Crippen LogP contribution in [0.1, 0.15) is 26.7 Å². The van der Waals surface area contributed by atoms with E-state index in [9.17, 15) is 0 Å². The zero-order valence-corrected chi connectivity index (χ0v) is 11.5. The molecule has 0 fully saturated rings. The molecule has 1 unspecified atom stereocenters. The maximum atomic E-state index is 6.35. The summed E-state index contributed by atoms with van der Waals surface area (Å²) in [5.74, 6) is 1.69. The molecule has 0 aliphatic carbocycles. The molecule has 80 valence electrons. The fourth-order valence-electron chi connectivity index (χ4n) is 1.39. The number of hydrogen-bond donors (Lipinski definition) is 0. The first kappa shape index (κ1) is 11.2. The van der Waals surface area contributed by atoms with E-state index in [1.54, 1.807) is 11.3 Å². The van der Waals surface area contributed by atoms with Crippen molar-refractivity contribution in [1.82, 2.24) is 0 Å². The van der Waals surface area contributed by atoms with Crippen LogP contribution in [0, 0.1) is 13.8 Å². The molecule has 2 heterocycles. The number of thiophene rings is 1. The summed E-state index contributed by atoms with van der Waals surface area (Å²) < 4.78 is 6.57. The second-order valence-electron chi connectivity index (χ2n) is 3.38. The summed E-state index contributed by atoms with van der Waals surface area (Å²) in [6.45, 7) is 3.98. The Morgan fingerprint density at radius 3 is 2.60 bits per heavy atom. The molecule has 0 bridgehead atoms. The van der Waals surface area contributed by atoms with Crippen LogP contribution in [0.2, 0.25) is 0 Å². The van der Waals surface area contributed by atoms with Gasteiger partial charge in [0.2, 0.25) is 0 Å². The topological polar surface area (TPSA) is 13.1 Å². The molecular formula is C11H10BrClOS. The predicted octanol–water partition coefficient (Wildman–Crippen LogP) is 5.05. The molecule has 0 aromatic carbocycles. The lowest BCUT2D eigenvalue weighted by molar-refractivity contribution is 0.490. The number of alkyl halides is 1. The van der Waals surface area contributed by atoms with Gasteiger partial charge in [0.05, 0.1) is 0 Å². The first-order valence-corrected chi connectivity index (χ1v) is 6.59. The highest BCUT2D eigenvalue weighted by Crippen LogP contribution is 2.39. The molecule has 0 radical (unpaired) electrons. The molecule has 0 N–H and O–H groups in total. The Labute approximate surface area is 106 Å². The van der Waals surface area contributed by atoms with Crippen molar-refractivity contribution in [3.05, 3.63) is 43.9 Å². The van der Waals surface area contributed by atoms with Crippen molar-refractivity contribution < 1.29 is 4.42 Å². The fourth-order valence-corrected chi connectivity index (χ4v) is 3.76. The molecule has 2 aromatic heterocycles. The zero-order chi connectivity index (χ0) is 11.0. The maximum absolute atomic E-state index is 6.35. The lowest BCUT2D eigenvalue weighted by Crippen LogP contribution is -1.87. The number of furan rings is 1. The highest BCUT2D eigenvalue weighted by molar-refractivity contribution is 9.10. The predicted molar refractivity (Wildman–Crippen MR) is 67.9 cm³/mol. The monoisotopic (exact) mass is 304 g/mol. The van der Waals surface area contributed by atoms with E-state index in [1.165, 1.54) is 4.88 Å². The Morgan fingerprint density at radius 2 is 2.13 bits per heavy atom. The second kappa shape index (κ2) is 4.32. The van der Waals surface area contributed by atoms with Crippen molar-refractivity contribution in [3.63, 3.8) is 0 Å². The summed E-state index contributed by atoms with van der Waals surface area (Å²) in [5.41, 5.74) is 0. The van der Waals surface area contributed by atoms with Gasteiger partial charge in [-0.15, -0.1) is 22.9 Å². The van der Waals surface area contributed by atoms with Gasteiger partial charge in [0.25, 0.3) is 0 Å². The van der Waals surface area contributed by atoms with Crippen LogP contribution in [-0.2, 0) is 0 Å². The lowest BCUT2D eigenvalue weighted by atomic mass is 10.3. The lowest BCUT2D eigenvalue weighted by Gasteiger charge is -2.04. The number of halogens is 2. The van der Waals surface area contributed by atoms with Crippen molar-refractivity contribution in [2.24, 2.45) is 0 Å². The average Bonchev–Trinajstić information content (AvgIpc) is 2.71. The first-order valence-electron chi connectivity index (χ1n) is 4.54. The van der Waals surface area contributed by atoms with Crippen molar-refractivity contribution in [3.8, 4) is 0 Å². The summed E-state index contributed by atoms with van der Waals surface area (Å²) in [4.78, 5) is 2.34. The van der Waals surface area contributed by atoms with Crippen LogP contribution in [-0.4, -0.2) is 0 Å². The SMILES string of the molecule is Cc1ccc(C(Cl)c2sc(C)cc2Br)o1. The highest BCUT2D eigenvalue weighted by atomic mass is 79.9. The van der Waals surface area contributed by atoms with E-state index in [4.69, 9.17) is 16.0 Å². The average molecular weight is 306 g/mol. The molecule has 0 saturated carbocycles. The smallest absolute Gasteiger partial charge is 0.127 e. The van der Waals surface area contributed by atoms with Crippen LogP contribution < -0.4 is 0 Å². The quantitative estimate of drug-likeness (QED) is 0.708. The number of aryl methyl sites for hydroxylation is 2. The standard InChI is InChI=1S/C11H10BrClOS/c1-6-3-4-9(14-6)10(13)11-8(12)5-7(2)15-11/h3-5,10H,1-2H3. The minimum absolute atomic E-state index is 0.202. The van der Waals surface area contributed by atoms with Crippen LogP contribution >= 0.6 is 38.9 Å². The Bertz CT molecular complexity index is 475. The van der Waals surface area contributed by atoms with E-state index >= 15 is 0 Å². The molecule has 0 spiro atoms. The summed E-state index contributed by atoms with van der Waals surface area (Å²) in [6.07, 6.45) is 0. The third-order valence-electron chi connectivity index (χ3n) is 2.08. The summed E-state index contributed by atoms with van der Waals surface area (Å²) in [6, 6.07) is 5.93. The Morgan fingerprint density at radius 1 is 1.40 bits per heavy atom. The van der Waals surface area contributed by atoms with Gasteiger partial charge < -0.3 is 4.42 Å². The molecule has 0 aliphatic heterocycles. The summed E-state index contributed by atoms with van der Waals surface area (Å²) in [7, 11) is 0. The largest absolute Gasteiger partial charge is 0.464 e. The molecule has 2 rings (SSSR count). The fraction of sp³-hybridized carbons (Fsp3) is 0.273. The van der Waals surface area contributed by atoms with Crippen LogP contribution in [0.15, 0.2) is 27.1 Å². The summed E-state index contributed by atoms with van der Waals surface area (Å²) >= 11 is 11.5. The van der Waals surface area contributed by atoms with Gasteiger partial charge in [-0.05, 0) is 48.0 Å². The maximum Gasteiger partial charge on any atom is 0.127 e. The molecule has 0 saturated heterocycles. The van der Waals surface area contributed by atoms with E-state index in [2.05, 4.69) is 28.9 Å². The first-order chi connectivity index (χ1) is 7.08. The van der Waals surface area contributed by atoms with Crippen molar-refractivity contribution in [2.45, 2.75) is 19.2 Å². The molecule has 4 heteroatoms. The zero-order valence-electron chi connectivity index (χ0n) is 8.38. The molecule has 2 aromatic rings. The van der Waals surface area contributed by atoms with Crippen LogP contribution in [0.3, 0.4) is 0 Å². The minimum Gasteiger partial charge on any atom is -0.464 e. The Hall–Kier alpha value is -0.250. The van der Waals surface area contributed by atoms with Gasteiger partial charge in [0.1, 0.15) is 16.9 Å². The molecule has 0 amide bonds. The van der Waals surface area contributed by atoms with E-state index in [-0.39, 0.29) is 5.38 Å². The minimum atomic E-state index is -0.202. The van der Waals surface area contributed by atoms with Crippen LogP contribution in [0.4, 0.5) is 0 Å². The number of rotatable bonds is 2. The van der Waals surface area contributed by atoms with Crippen molar-refractivity contribution in [1.29, 1.82) is 0 Å². The second-order valence-corrected chi connectivity index (χ2v) is 5.96. The van der Waals surface area contributed by atoms with Gasteiger partial charge in [-0.2, -0.15) is 0 Å². The van der Waals surface area contributed by atoms with Gasteiger partial charge in [-0.1, -0.05) is 0 Å². The van der Waals surface area contributed by atoms with E-state index in [0.29, 0.717) is 0 Å². The van der Waals surface area contributed by atoms with Gasteiger partial charge in [-0.25, -0.2) is 0 Å². The summed E-state index contributed by atoms with van der Waals surface area (Å²) in [5, 5.41) is -0.202. The van der Waals surface area contributed by atoms with Gasteiger partial charge >= 0.3 is 0 Å². The number of hydrogen-bond acceptors (Lipinski definition) is 2. The third kappa shape index (κ3) is 2.30. The van der Waals surface area contributed by atoms with Crippen molar-refractivity contribution in [2.75, 3.05) is 0 Å². The Kier molecular flexibility index (Phi) is 3.24. The molecule has 1 nitrogen and oxygen atoms in total. The van der Waals surface area contributed by atoms with Gasteiger partial charge in [0, 0.05) is 14.2 Å². The molecule has 1 atom stereocenters. The third-order valence-corrected chi connectivity index (χ3v) is 4.67. The normalized spacial score (nSPS) is 13.1. The van der Waals surface area contributed by atoms with Crippen LogP contribution in [0.5, 0.6) is 0 Å². The highest BCUT2D eigenvalue weighted by Gasteiger charge is 2.19. The molecular weight excluding hydrogens is 296 g/mol. The molecule has 15 heavy (non-hydrogen) atoms. The van der Waals surface area contributed by atoms with Crippen molar-refractivity contribution >= 4 is 38.9 Å². The van der Waals surface area contributed by atoms with E-state index in [0.717, 1.165) is 20.9 Å². The van der Waals surface area contributed by atoms with Gasteiger partial charge in [-0.3, -0.25) is 0 Å². The van der Waals surface area contributed by atoms with E-state index < -0.39 is 0 Å². The van der Waals surface area contributed by atoms with E-state index in [1.807, 2.05) is 19.1 Å². The Balaban J connectivity index is 2.35. The molecule has 0 aliphatic rings.